The number of nitrogens with zero attached hydrogens (tertiary/aromatic N) is 3. The number of hydrogen-bond acceptors (Lipinski definition) is 4. The number of nitrogens with two attached hydrogens (primary N) is 1. The molecule has 0 aromatic heterocycles. The lowest BCUT2D eigenvalue weighted by atomic mass is 10.1. The first-order chi connectivity index (χ1) is 12.3. The van der Waals surface area contributed by atoms with E-state index in [4.69, 9.17) is 15.2 Å². The van der Waals surface area contributed by atoms with Crippen LogP contribution in [0.3, 0.4) is 0 Å². The number of carbonyl (C=O) groups excluding carboxylic acids is 1. The Balaban J connectivity index is 0.00000364. The molecule has 1 aliphatic rings. The number of carbonyl (C=O) groups is 1. The number of benzene rings is 1. The molecule has 1 saturated heterocycles. The van der Waals surface area contributed by atoms with Crippen molar-refractivity contribution in [3.63, 3.8) is 0 Å². The fourth-order valence-electron chi connectivity index (χ4n) is 2.62. The molecule has 8 heteroatoms. The molecule has 0 spiro atoms. The second-order valence-corrected chi connectivity index (χ2v) is 7.38. The third kappa shape index (κ3) is 7.92. The number of aliphatic imine (C=N–C) groups is 1. The molecule has 2 N–H and O–H groups in total. The van der Waals surface area contributed by atoms with Crippen molar-refractivity contribution in [1.82, 2.24) is 9.80 Å². The monoisotopic (exact) mass is 490 g/mol. The van der Waals surface area contributed by atoms with Crippen LogP contribution in [0.25, 0.3) is 0 Å². The number of halogens is 1. The third-order valence-electron chi connectivity index (χ3n) is 4.01. The van der Waals surface area contributed by atoms with E-state index in [2.05, 4.69) is 4.99 Å². The molecule has 27 heavy (non-hydrogen) atoms. The van der Waals surface area contributed by atoms with Gasteiger partial charge in [0.25, 0.3) is 0 Å². The predicted molar refractivity (Wildman–Crippen MR) is 117 cm³/mol. The van der Waals surface area contributed by atoms with Gasteiger partial charge in [0.15, 0.2) is 5.96 Å². The lowest BCUT2D eigenvalue weighted by Gasteiger charge is -2.36. The average molecular weight is 490 g/mol. The number of amides is 1. The van der Waals surface area contributed by atoms with Gasteiger partial charge in [-0.25, -0.2) is 9.79 Å². The quantitative estimate of drug-likeness (QED) is 0.399. The molecule has 0 bridgehead atoms. The topological polar surface area (TPSA) is 80.4 Å². The second kappa shape index (κ2) is 10.7. The Bertz CT molecular complexity index is 621. The van der Waals surface area contributed by atoms with Gasteiger partial charge < -0.3 is 25.0 Å². The van der Waals surface area contributed by atoms with Crippen molar-refractivity contribution in [3.05, 3.63) is 35.4 Å². The number of rotatable bonds is 4. The molecule has 152 valence electrons. The van der Waals surface area contributed by atoms with Gasteiger partial charge in [-0.1, -0.05) is 24.3 Å². The molecular weight excluding hydrogens is 459 g/mol. The second-order valence-electron chi connectivity index (χ2n) is 7.38. The smallest absolute Gasteiger partial charge is 0.410 e. The Labute approximate surface area is 178 Å². The summed E-state index contributed by atoms with van der Waals surface area (Å²) in [4.78, 5) is 20.3. The predicted octanol–water partition coefficient (Wildman–Crippen LogP) is 2.82. The molecule has 0 saturated carbocycles. The van der Waals surface area contributed by atoms with Crippen LogP contribution in [-0.2, 0) is 22.6 Å². The van der Waals surface area contributed by atoms with Gasteiger partial charge in [-0.3, -0.25) is 0 Å². The number of guanidine groups is 1. The summed E-state index contributed by atoms with van der Waals surface area (Å²) in [5.74, 6) is 0.509. The van der Waals surface area contributed by atoms with Crippen molar-refractivity contribution >= 4 is 36.0 Å². The number of piperazine rings is 1. The molecule has 1 aromatic rings. The zero-order valence-corrected chi connectivity index (χ0v) is 18.9. The van der Waals surface area contributed by atoms with Crippen molar-refractivity contribution in [2.45, 2.75) is 39.5 Å². The van der Waals surface area contributed by atoms with Crippen LogP contribution < -0.4 is 5.73 Å². The first-order valence-corrected chi connectivity index (χ1v) is 8.88. The van der Waals surface area contributed by atoms with Crippen molar-refractivity contribution in [1.29, 1.82) is 0 Å². The Morgan fingerprint density at radius 1 is 1.07 bits per heavy atom. The average Bonchev–Trinajstić information content (AvgIpc) is 2.60. The minimum absolute atomic E-state index is 0. The highest BCUT2D eigenvalue weighted by Gasteiger charge is 2.26. The Morgan fingerprint density at radius 2 is 1.59 bits per heavy atom. The third-order valence-corrected chi connectivity index (χ3v) is 4.01. The van der Waals surface area contributed by atoms with Crippen LogP contribution in [0.1, 0.15) is 31.9 Å². The fourth-order valence-corrected chi connectivity index (χ4v) is 2.62. The van der Waals surface area contributed by atoms with Gasteiger partial charge in [-0.2, -0.15) is 0 Å². The highest BCUT2D eigenvalue weighted by atomic mass is 127. The van der Waals surface area contributed by atoms with Gasteiger partial charge in [-0.15, -0.1) is 24.0 Å². The summed E-state index contributed by atoms with van der Waals surface area (Å²) in [6, 6.07) is 8.13. The van der Waals surface area contributed by atoms with Gasteiger partial charge in [0.2, 0.25) is 0 Å². The lowest BCUT2D eigenvalue weighted by molar-refractivity contribution is 0.0186. The summed E-state index contributed by atoms with van der Waals surface area (Å²) < 4.78 is 10.5. The van der Waals surface area contributed by atoms with E-state index in [-0.39, 0.29) is 30.1 Å². The maximum Gasteiger partial charge on any atom is 0.410 e. The van der Waals surface area contributed by atoms with E-state index in [0.29, 0.717) is 45.3 Å². The molecule has 1 aromatic carbocycles. The largest absolute Gasteiger partial charge is 0.444 e. The standard InChI is InChI=1S/C19H30N4O3.HI/c1-19(2,3)26-18(24)23-11-9-22(10-12-23)17(20)21-13-15-5-7-16(8-6-15)14-25-4;/h5-8H,9-14H2,1-4H3,(H2,20,21);1H. The van der Waals surface area contributed by atoms with Crippen LogP contribution >= 0.6 is 24.0 Å². The van der Waals surface area contributed by atoms with Gasteiger partial charge in [0.1, 0.15) is 5.60 Å². The highest BCUT2D eigenvalue weighted by Crippen LogP contribution is 2.12. The molecular formula is C19H31IN4O3. The molecule has 2 rings (SSSR count). The van der Waals surface area contributed by atoms with Crippen LogP contribution in [0.2, 0.25) is 0 Å². The maximum atomic E-state index is 12.1. The molecule has 0 atom stereocenters. The minimum Gasteiger partial charge on any atom is -0.444 e. The summed E-state index contributed by atoms with van der Waals surface area (Å²) in [6.07, 6.45) is -0.274. The van der Waals surface area contributed by atoms with E-state index >= 15 is 0 Å². The lowest BCUT2D eigenvalue weighted by Crippen LogP contribution is -2.53. The summed E-state index contributed by atoms with van der Waals surface area (Å²) >= 11 is 0. The van der Waals surface area contributed by atoms with E-state index in [1.165, 1.54) is 0 Å². The zero-order valence-electron chi connectivity index (χ0n) is 16.6. The van der Waals surface area contributed by atoms with Crippen molar-refractivity contribution < 1.29 is 14.3 Å². The van der Waals surface area contributed by atoms with Crippen LogP contribution in [0.4, 0.5) is 4.79 Å². The Kier molecular flexibility index (Phi) is 9.31. The van der Waals surface area contributed by atoms with E-state index in [9.17, 15) is 4.79 Å². The fraction of sp³-hybridized carbons (Fsp3) is 0.579. The van der Waals surface area contributed by atoms with Crippen molar-refractivity contribution in [2.24, 2.45) is 10.7 Å². The van der Waals surface area contributed by atoms with E-state index in [0.717, 1.165) is 11.1 Å². The molecule has 1 amide bonds. The molecule has 1 heterocycles. The van der Waals surface area contributed by atoms with Crippen LogP contribution in [0.5, 0.6) is 0 Å². The minimum atomic E-state index is -0.479. The number of ether oxygens (including phenoxy) is 2. The van der Waals surface area contributed by atoms with Crippen molar-refractivity contribution in [3.8, 4) is 0 Å². The molecule has 7 nitrogen and oxygen atoms in total. The first kappa shape index (κ1) is 23.5. The number of hydrogen-bond donors (Lipinski definition) is 1. The molecule has 0 unspecified atom stereocenters. The number of methoxy groups -OCH3 is 1. The van der Waals surface area contributed by atoms with Crippen LogP contribution in [0.15, 0.2) is 29.3 Å². The summed E-state index contributed by atoms with van der Waals surface area (Å²) in [5.41, 5.74) is 7.87. The van der Waals surface area contributed by atoms with E-state index in [1.54, 1.807) is 12.0 Å². The summed E-state index contributed by atoms with van der Waals surface area (Å²) in [6.45, 7) is 9.21. The Hall–Kier alpha value is -1.55. The van der Waals surface area contributed by atoms with Gasteiger partial charge in [0, 0.05) is 33.3 Å². The van der Waals surface area contributed by atoms with E-state index < -0.39 is 5.60 Å². The first-order valence-electron chi connectivity index (χ1n) is 8.88. The van der Waals surface area contributed by atoms with Gasteiger partial charge >= 0.3 is 6.09 Å². The van der Waals surface area contributed by atoms with Crippen molar-refractivity contribution in [2.75, 3.05) is 33.3 Å². The van der Waals surface area contributed by atoms with Gasteiger partial charge in [0.05, 0.1) is 13.2 Å². The molecule has 1 aliphatic heterocycles. The van der Waals surface area contributed by atoms with Crippen LogP contribution in [0, 0.1) is 0 Å². The molecule has 1 fully saturated rings. The Morgan fingerprint density at radius 3 is 2.11 bits per heavy atom. The van der Waals surface area contributed by atoms with Gasteiger partial charge in [-0.05, 0) is 31.9 Å². The zero-order chi connectivity index (χ0) is 19.2. The molecule has 0 radical (unpaired) electrons. The van der Waals surface area contributed by atoms with Crippen LogP contribution in [-0.4, -0.2) is 60.7 Å². The summed E-state index contributed by atoms with van der Waals surface area (Å²) in [7, 11) is 1.68. The summed E-state index contributed by atoms with van der Waals surface area (Å²) in [5, 5.41) is 0. The molecule has 0 aliphatic carbocycles. The van der Waals surface area contributed by atoms with E-state index in [1.807, 2.05) is 49.9 Å². The maximum absolute atomic E-state index is 12.1. The normalized spacial score (nSPS) is 15.3. The SMILES string of the molecule is COCc1ccc(CN=C(N)N2CCN(C(=O)OC(C)(C)C)CC2)cc1.I. The highest BCUT2D eigenvalue weighted by molar-refractivity contribution is 14.0.